The van der Waals surface area contributed by atoms with Gasteiger partial charge < -0.3 is 16.4 Å². The van der Waals surface area contributed by atoms with Gasteiger partial charge in [0.2, 0.25) is 0 Å². The molecule has 4 rings (SSSR count). The van der Waals surface area contributed by atoms with Crippen molar-refractivity contribution in [1.29, 1.82) is 0 Å². The van der Waals surface area contributed by atoms with E-state index in [0.29, 0.717) is 18.5 Å². The molecule has 3 saturated carbocycles. The van der Waals surface area contributed by atoms with Gasteiger partial charge in [0.1, 0.15) is 0 Å². The lowest BCUT2D eigenvalue weighted by Crippen LogP contribution is -2.48. The maximum absolute atomic E-state index is 12.1. The van der Waals surface area contributed by atoms with Gasteiger partial charge in [-0.15, -0.1) is 0 Å². The number of carbonyl (C=O) groups is 1. The Bertz CT molecular complexity index is 463. The molecule has 3 fully saturated rings. The van der Waals surface area contributed by atoms with Gasteiger partial charge in [0.15, 0.2) is 0 Å². The molecule has 1 unspecified atom stereocenters. The monoisotopic (exact) mass is 273 g/mol. The van der Waals surface area contributed by atoms with Crippen LogP contribution in [0, 0.1) is 11.8 Å². The van der Waals surface area contributed by atoms with Crippen LogP contribution < -0.4 is 16.4 Å². The van der Waals surface area contributed by atoms with E-state index in [-0.39, 0.29) is 6.03 Å². The average molecular weight is 273 g/mol. The van der Waals surface area contributed by atoms with Crippen LogP contribution in [-0.4, -0.2) is 12.1 Å². The Balaban J connectivity index is 1.54. The molecule has 3 aliphatic carbocycles. The highest BCUT2D eigenvalue weighted by atomic mass is 16.2. The van der Waals surface area contributed by atoms with Crippen molar-refractivity contribution in [1.82, 2.24) is 5.32 Å². The van der Waals surface area contributed by atoms with Crippen molar-refractivity contribution < 1.29 is 4.79 Å². The first-order chi connectivity index (χ1) is 9.74. The number of urea groups is 1. The van der Waals surface area contributed by atoms with E-state index >= 15 is 0 Å². The molecule has 1 aromatic rings. The third-order valence-electron chi connectivity index (χ3n) is 4.81. The predicted molar refractivity (Wildman–Crippen MR) is 80.3 cm³/mol. The summed E-state index contributed by atoms with van der Waals surface area (Å²) in [4.78, 5) is 12.1. The molecule has 0 heterocycles. The van der Waals surface area contributed by atoms with E-state index < -0.39 is 0 Å². The summed E-state index contributed by atoms with van der Waals surface area (Å²) in [6.07, 6.45) is 6.42. The van der Waals surface area contributed by atoms with Crippen molar-refractivity contribution >= 4 is 11.7 Å². The molecule has 0 saturated heterocycles. The fraction of sp³-hybridized carbons (Fsp3) is 0.562. The zero-order valence-electron chi connectivity index (χ0n) is 11.8. The summed E-state index contributed by atoms with van der Waals surface area (Å²) in [6, 6.07) is 7.97. The van der Waals surface area contributed by atoms with E-state index in [0.717, 1.165) is 23.6 Å². The summed E-state index contributed by atoms with van der Waals surface area (Å²) in [7, 11) is 0. The molecular weight excluding hydrogens is 250 g/mol. The standard InChI is InChI=1S/C16H23N3O/c17-10-12-3-7-14(8-4-12)18-16(20)19-15-9-11-1-5-13(15)6-2-11/h3-4,7-8,11,13,15H,1-2,5-6,9-10,17H2,(H2,18,19,20). The molecule has 0 aliphatic heterocycles. The summed E-state index contributed by atoms with van der Waals surface area (Å²) in [5.41, 5.74) is 7.45. The SMILES string of the molecule is NCc1ccc(NC(=O)NC2CC3CCC2CC3)cc1. The second-order valence-electron chi connectivity index (χ2n) is 6.12. The van der Waals surface area contributed by atoms with Crippen LogP contribution in [0.1, 0.15) is 37.7 Å². The lowest BCUT2D eigenvalue weighted by atomic mass is 9.68. The number of nitrogens with two attached hydrogens (primary N) is 1. The third kappa shape index (κ3) is 2.96. The minimum Gasteiger partial charge on any atom is -0.335 e. The van der Waals surface area contributed by atoms with Gasteiger partial charge in [-0.1, -0.05) is 25.0 Å². The minimum atomic E-state index is -0.0805. The second-order valence-corrected chi connectivity index (χ2v) is 6.12. The third-order valence-corrected chi connectivity index (χ3v) is 4.81. The van der Waals surface area contributed by atoms with Gasteiger partial charge in [-0.05, 0) is 48.8 Å². The second kappa shape index (κ2) is 5.83. The first-order valence-electron chi connectivity index (χ1n) is 7.61. The van der Waals surface area contributed by atoms with Crippen molar-refractivity contribution in [3.8, 4) is 0 Å². The van der Waals surface area contributed by atoms with Gasteiger partial charge in [-0.2, -0.15) is 0 Å². The Labute approximate surface area is 120 Å². The van der Waals surface area contributed by atoms with Crippen molar-refractivity contribution in [2.75, 3.05) is 5.32 Å². The summed E-state index contributed by atoms with van der Waals surface area (Å²) in [5, 5.41) is 6.06. The molecule has 3 aliphatic rings. The van der Waals surface area contributed by atoms with Crippen molar-refractivity contribution in [3.63, 3.8) is 0 Å². The van der Waals surface area contributed by atoms with Crippen LogP contribution in [0.25, 0.3) is 0 Å². The first-order valence-corrected chi connectivity index (χ1v) is 7.61. The van der Waals surface area contributed by atoms with E-state index in [1.165, 1.54) is 25.7 Å². The summed E-state index contributed by atoms with van der Waals surface area (Å²) < 4.78 is 0. The number of nitrogens with one attached hydrogen (secondary N) is 2. The zero-order valence-corrected chi connectivity index (χ0v) is 11.8. The number of rotatable bonds is 3. The predicted octanol–water partition coefficient (Wildman–Crippen LogP) is 2.85. The smallest absolute Gasteiger partial charge is 0.319 e. The van der Waals surface area contributed by atoms with Gasteiger partial charge in [-0.25, -0.2) is 4.79 Å². The van der Waals surface area contributed by atoms with Crippen LogP contribution in [0.15, 0.2) is 24.3 Å². The van der Waals surface area contributed by atoms with Gasteiger partial charge in [0.05, 0.1) is 0 Å². The van der Waals surface area contributed by atoms with Gasteiger partial charge in [0.25, 0.3) is 0 Å². The number of amides is 2. The number of benzene rings is 1. The normalized spacial score (nSPS) is 28.1. The minimum absolute atomic E-state index is 0.0805. The van der Waals surface area contributed by atoms with Crippen LogP contribution in [-0.2, 0) is 6.54 Å². The molecule has 4 N–H and O–H groups in total. The number of hydrogen-bond acceptors (Lipinski definition) is 2. The maximum atomic E-state index is 12.1. The highest BCUT2D eigenvalue weighted by molar-refractivity contribution is 5.89. The number of carbonyl (C=O) groups excluding carboxylic acids is 1. The molecule has 4 heteroatoms. The highest BCUT2D eigenvalue weighted by Crippen LogP contribution is 2.41. The molecule has 1 atom stereocenters. The summed E-state index contributed by atoms with van der Waals surface area (Å²) in [5.74, 6) is 1.51. The Morgan fingerprint density at radius 2 is 1.85 bits per heavy atom. The molecule has 1 aromatic carbocycles. The average Bonchev–Trinajstić information content (AvgIpc) is 2.49. The molecule has 0 spiro atoms. The highest BCUT2D eigenvalue weighted by Gasteiger charge is 2.36. The lowest BCUT2D eigenvalue weighted by Gasteiger charge is -2.42. The van der Waals surface area contributed by atoms with E-state index in [4.69, 9.17) is 5.73 Å². The van der Waals surface area contributed by atoms with Gasteiger partial charge in [0, 0.05) is 18.3 Å². The van der Waals surface area contributed by atoms with Gasteiger partial charge in [-0.3, -0.25) is 0 Å². The van der Waals surface area contributed by atoms with Crippen molar-refractivity contribution in [3.05, 3.63) is 29.8 Å². The summed E-state index contributed by atoms with van der Waals surface area (Å²) in [6.45, 7) is 0.525. The number of hydrogen-bond donors (Lipinski definition) is 3. The van der Waals surface area contributed by atoms with E-state index in [1.807, 2.05) is 24.3 Å². The molecule has 2 amide bonds. The Morgan fingerprint density at radius 3 is 2.40 bits per heavy atom. The zero-order chi connectivity index (χ0) is 13.9. The lowest BCUT2D eigenvalue weighted by molar-refractivity contribution is 0.129. The molecule has 108 valence electrons. The van der Waals surface area contributed by atoms with Crippen LogP contribution in [0.2, 0.25) is 0 Å². The largest absolute Gasteiger partial charge is 0.335 e. The molecule has 20 heavy (non-hydrogen) atoms. The molecule has 4 nitrogen and oxygen atoms in total. The van der Waals surface area contributed by atoms with Crippen LogP contribution in [0.5, 0.6) is 0 Å². The quantitative estimate of drug-likeness (QED) is 0.792. The molecule has 2 bridgehead atoms. The molecule has 0 radical (unpaired) electrons. The first kappa shape index (κ1) is 13.4. The summed E-state index contributed by atoms with van der Waals surface area (Å²) >= 11 is 0. The van der Waals surface area contributed by atoms with E-state index in [9.17, 15) is 4.79 Å². The fourth-order valence-electron chi connectivity index (χ4n) is 3.61. The topological polar surface area (TPSA) is 67.1 Å². The molecule has 0 aromatic heterocycles. The van der Waals surface area contributed by atoms with E-state index in [2.05, 4.69) is 10.6 Å². The Hall–Kier alpha value is -1.55. The van der Waals surface area contributed by atoms with Crippen LogP contribution in [0.4, 0.5) is 10.5 Å². The van der Waals surface area contributed by atoms with Crippen molar-refractivity contribution in [2.24, 2.45) is 17.6 Å². The van der Waals surface area contributed by atoms with Crippen LogP contribution in [0.3, 0.4) is 0 Å². The molecular formula is C16H23N3O. The van der Waals surface area contributed by atoms with Crippen molar-refractivity contribution in [2.45, 2.75) is 44.7 Å². The van der Waals surface area contributed by atoms with E-state index in [1.54, 1.807) is 0 Å². The Kier molecular flexibility index (Phi) is 3.92. The number of anilines is 1. The number of fused-ring (bicyclic) bond motifs is 3. The fourth-order valence-corrected chi connectivity index (χ4v) is 3.61. The Morgan fingerprint density at radius 1 is 1.15 bits per heavy atom. The van der Waals surface area contributed by atoms with Gasteiger partial charge >= 0.3 is 6.03 Å². The van der Waals surface area contributed by atoms with Crippen LogP contribution >= 0.6 is 0 Å². The maximum Gasteiger partial charge on any atom is 0.319 e.